The molecule has 184 valence electrons. The Bertz CT molecular complexity index is 1400. The Balaban J connectivity index is 1.06. The summed E-state index contributed by atoms with van der Waals surface area (Å²) in [6, 6.07) is 31.5. The average molecular weight is 490 g/mol. The van der Waals surface area contributed by atoms with Gasteiger partial charge in [-0.15, -0.1) is 0 Å². The van der Waals surface area contributed by atoms with Crippen LogP contribution in [0.5, 0.6) is 0 Å². The van der Waals surface area contributed by atoms with Gasteiger partial charge in [-0.1, -0.05) is 97.1 Å². The Morgan fingerprint density at radius 3 is 1.35 bits per heavy atom. The third-order valence-corrected chi connectivity index (χ3v) is 7.42. The molecule has 0 aliphatic heterocycles. The second-order valence-electron chi connectivity index (χ2n) is 9.58. The van der Waals surface area contributed by atoms with Gasteiger partial charge in [0.15, 0.2) is 0 Å². The zero-order valence-corrected chi connectivity index (χ0v) is 20.3. The summed E-state index contributed by atoms with van der Waals surface area (Å²) in [5.74, 6) is -1.21. The zero-order valence-electron chi connectivity index (χ0n) is 20.3. The second-order valence-corrected chi connectivity index (χ2v) is 9.58. The van der Waals surface area contributed by atoms with Crippen molar-refractivity contribution < 1.29 is 19.1 Å². The lowest BCUT2D eigenvalue weighted by molar-refractivity contribution is -0.152. The fourth-order valence-corrected chi connectivity index (χ4v) is 5.65. The monoisotopic (exact) mass is 489 g/mol. The fourth-order valence-electron chi connectivity index (χ4n) is 5.65. The Morgan fingerprint density at radius 2 is 0.946 bits per heavy atom. The first kappa shape index (κ1) is 23.2. The number of nitrogens with two attached hydrogens (primary N) is 1. The summed E-state index contributed by atoms with van der Waals surface area (Å²) in [5.41, 5.74) is 15.2. The Labute approximate surface area is 215 Å². The highest BCUT2D eigenvalue weighted by Gasteiger charge is 2.31. The highest BCUT2D eigenvalue weighted by molar-refractivity contribution is 5.84. The molecule has 0 unspecified atom stereocenters. The maximum absolute atomic E-state index is 12.7. The van der Waals surface area contributed by atoms with Crippen LogP contribution in [0.3, 0.4) is 0 Å². The van der Waals surface area contributed by atoms with Crippen LogP contribution in [0.2, 0.25) is 0 Å². The molecule has 0 saturated carbocycles. The molecule has 0 saturated heterocycles. The molecule has 37 heavy (non-hydrogen) atoms. The molecule has 0 aromatic heterocycles. The van der Waals surface area contributed by atoms with Gasteiger partial charge in [-0.05, 0) is 44.5 Å². The lowest BCUT2D eigenvalue weighted by Gasteiger charge is -2.17. The first-order valence-electron chi connectivity index (χ1n) is 12.6. The van der Waals surface area contributed by atoms with Crippen LogP contribution in [0.4, 0.5) is 0 Å². The van der Waals surface area contributed by atoms with E-state index in [1.54, 1.807) is 0 Å². The van der Waals surface area contributed by atoms with E-state index in [2.05, 4.69) is 48.5 Å². The highest BCUT2D eigenvalue weighted by atomic mass is 16.5. The van der Waals surface area contributed by atoms with Crippen LogP contribution in [0.15, 0.2) is 97.1 Å². The molecule has 2 N–H and O–H groups in total. The van der Waals surface area contributed by atoms with Crippen molar-refractivity contribution in [3.63, 3.8) is 0 Å². The normalized spacial score (nSPS) is 14.3. The molecule has 2 aliphatic carbocycles. The predicted octanol–water partition coefficient (Wildman–Crippen LogP) is 5.42. The second kappa shape index (κ2) is 9.68. The van der Waals surface area contributed by atoms with Gasteiger partial charge in [0.2, 0.25) is 0 Å². The number of carbonyl (C=O) groups is 2. The van der Waals surface area contributed by atoms with Crippen LogP contribution in [-0.4, -0.2) is 31.2 Å². The van der Waals surface area contributed by atoms with Gasteiger partial charge in [-0.3, -0.25) is 9.59 Å². The van der Waals surface area contributed by atoms with Gasteiger partial charge in [0.05, 0.1) is 6.42 Å². The first-order chi connectivity index (χ1) is 18.1. The van der Waals surface area contributed by atoms with E-state index in [4.69, 9.17) is 15.2 Å². The maximum Gasteiger partial charge on any atom is 0.323 e. The number of hydrogen-bond acceptors (Lipinski definition) is 5. The molecule has 5 heteroatoms. The topological polar surface area (TPSA) is 78.6 Å². The largest absolute Gasteiger partial charge is 0.465 e. The zero-order chi connectivity index (χ0) is 25.4. The molecular weight excluding hydrogens is 462 g/mol. The van der Waals surface area contributed by atoms with Gasteiger partial charge in [0.25, 0.3) is 0 Å². The molecule has 5 nitrogen and oxygen atoms in total. The molecule has 4 aromatic rings. The van der Waals surface area contributed by atoms with E-state index in [1.165, 1.54) is 0 Å². The van der Waals surface area contributed by atoms with Crippen molar-refractivity contribution in [2.45, 2.75) is 24.3 Å². The summed E-state index contributed by atoms with van der Waals surface area (Å²) < 4.78 is 11.2. The SMILES string of the molecule is N[C@@H](CC(=O)OCC1c2ccccc2-c2ccccc21)C(=O)OCC1c2ccccc2-c2ccccc21. The minimum atomic E-state index is -1.08. The summed E-state index contributed by atoms with van der Waals surface area (Å²) in [6.07, 6.45) is -0.229. The standard InChI is InChI=1S/C32H27NO4/c33-30(32(35)37-19-29-26-15-7-3-11-22(26)23-12-4-8-16-27(23)29)17-31(34)36-18-28-24-13-5-1-9-20(24)21-10-2-6-14-25(21)28/h1-16,28-30H,17-19,33H2/t30-/m0/s1. The van der Waals surface area contributed by atoms with E-state index < -0.39 is 18.0 Å². The lowest BCUT2D eigenvalue weighted by atomic mass is 9.98. The van der Waals surface area contributed by atoms with E-state index in [9.17, 15) is 9.59 Å². The van der Waals surface area contributed by atoms with Crippen molar-refractivity contribution >= 4 is 11.9 Å². The van der Waals surface area contributed by atoms with Crippen molar-refractivity contribution in [2.75, 3.05) is 13.2 Å². The number of rotatable bonds is 7. The van der Waals surface area contributed by atoms with Crippen LogP contribution in [0.25, 0.3) is 22.3 Å². The Hall–Kier alpha value is -4.22. The number of carbonyl (C=O) groups excluding carboxylic acids is 2. The molecule has 2 aliphatic rings. The summed E-state index contributed by atoms with van der Waals surface area (Å²) in [7, 11) is 0. The molecule has 0 heterocycles. The molecule has 6 rings (SSSR count). The summed E-state index contributed by atoms with van der Waals surface area (Å²) >= 11 is 0. The summed E-state index contributed by atoms with van der Waals surface area (Å²) in [6.45, 7) is 0.371. The van der Waals surface area contributed by atoms with Crippen molar-refractivity contribution in [1.29, 1.82) is 0 Å². The summed E-state index contributed by atoms with van der Waals surface area (Å²) in [5, 5.41) is 0. The quantitative estimate of drug-likeness (QED) is 0.351. The minimum absolute atomic E-state index is 0.0398. The van der Waals surface area contributed by atoms with Crippen LogP contribution < -0.4 is 5.73 Å². The molecular formula is C32H27NO4. The molecule has 0 spiro atoms. The number of fused-ring (bicyclic) bond motifs is 6. The third kappa shape index (κ3) is 4.21. The number of hydrogen-bond donors (Lipinski definition) is 1. The van der Waals surface area contributed by atoms with E-state index >= 15 is 0 Å². The minimum Gasteiger partial charge on any atom is -0.465 e. The van der Waals surface area contributed by atoms with Gasteiger partial charge in [-0.25, -0.2) is 0 Å². The highest BCUT2D eigenvalue weighted by Crippen LogP contribution is 2.45. The van der Waals surface area contributed by atoms with Crippen molar-refractivity contribution in [1.82, 2.24) is 0 Å². The molecule has 1 atom stereocenters. The predicted molar refractivity (Wildman–Crippen MR) is 142 cm³/mol. The van der Waals surface area contributed by atoms with Gasteiger partial charge in [0.1, 0.15) is 19.3 Å². The Kier molecular flexibility index (Phi) is 6.07. The first-order valence-corrected chi connectivity index (χ1v) is 12.6. The molecule has 0 fully saturated rings. The van der Waals surface area contributed by atoms with Crippen LogP contribution >= 0.6 is 0 Å². The molecule has 0 radical (unpaired) electrons. The molecule has 0 amide bonds. The van der Waals surface area contributed by atoms with Gasteiger partial charge < -0.3 is 15.2 Å². The number of benzene rings is 4. The smallest absolute Gasteiger partial charge is 0.323 e. The fraction of sp³-hybridized carbons (Fsp3) is 0.188. The van der Waals surface area contributed by atoms with Crippen molar-refractivity contribution in [2.24, 2.45) is 5.73 Å². The van der Waals surface area contributed by atoms with E-state index in [0.717, 1.165) is 44.5 Å². The van der Waals surface area contributed by atoms with E-state index in [0.29, 0.717) is 0 Å². The van der Waals surface area contributed by atoms with Crippen LogP contribution in [-0.2, 0) is 19.1 Å². The Morgan fingerprint density at radius 1 is 0.595 bits per heavy atom. The number of ether oxygens (including phenoxy) is 2. The third-order valence-electron chi connectivity index (χ3n) is 7.42. The number of esters is 2. The van der Waals surface area contributed by atoms with Crippen molar-refractivity contribution in [3.8, 4) is 22.3 Å². The summed E-state index contributed by atoms with van der Waals surface area (Å²) in [4.78, 5) is 25.3. The van der Waals surface area contributed by atoms with E-state index in [1.807, 2.05) is 48.5 Å². The van der Waals surface area contributed by atoms with Crippen LogP contribution in [0.1, 0.15) is 40.5 Å². The van der Waals surface area contributed by atoms with Gasteiger partial charge in [0, 0.05) is 11.8 Å². The molecule has 0 bridgehead atoms. The van der Waals surface area contributed by atoms with E-state index in [-0.39, 0.29) is 31.5 Å². The maximum atomic E-state index is 12.7. The average Bonchev–Trinajstić information content (AvgIpc) is 3.43. The van der Waals surface area contributed by atoms with Gasteiger partial charge in [-0.2, -0.15) is 0 Å². The van der Waals surface area contributed by atoms with Crippen LogP contribution in [0, 0.1) is 0 Å². The van der Waals surface area contributed by atoms with Gasteiger partial charge >= 0.3 is 11.9 Å². The molecule has 4 aromatic carbocycles. The van der Waals surface area contributed by atoms with Crippen molar-refractivity contribution in [3.05, 3.63) is 119 Å². The lowest BCUT2D eigenvalue weighted by Crippen LogP contribution is -2.36.